The van der Waals surface area contributed by atoms with Gasteiger partial charge in [0.25, 0.3) is 5.91 Å². The number of carbonyl (C=O) groups is 2. The van der Waals surface area contributed by atoms with E-state index in [1.807, 2.05) is 42.2 Å². The van der Waals surface area contributed by atoms with Crippen LogP contribution < -0.4 is 5.32 Å². The Morgan fingerprint density at radius 3 is 2.75 bits per heavy atom. The van der Waals surface area contributed by atoms with Crippen LogP contribution in [0.3, 0.4) is 0 Å². The highest BCUT2D eigenvalue weighted by Crippen LogP contribution is 2.17. The van der Waals surface area contributed by atoms with Gasteiger partial charge >= 0.3 is 0 Å². The Hall–Kier alpha value is -2.14. The summed E-state index contributed by atoms with van der Waals surface area (Å²) in [5.41, 5.74) is 1.29. The minimum Gasteiger partial charge on any atom is -0.346 e. The van der Waals surface area contributed by atoms with Crippen LogP contribution in [0.4, 0.5) is 0 Å². The second kappa shape index (κ2) is 7.62. The third-order valence-corrected chi connectivity index (χ3v) is 5.25. The fourth-order valence-corrected chi connectivity index (χ4v) is 3.79. The van der Waals surface area contributed by atoms with E-state index in [0.29, 0.717) is 17.8 Å². The lowest BCUT2D eigenvalue weighted by Gasteiger charge is -2.17. The average Bonchev–Trinajstić information content (AvgIpc) is 3.15. The minimum absolute atomic E-state index is 0.0722. The molecule has 1 aromatic carbocycles. The first-order valence-electron chi connectivity index (χ1n) is 8.31. The SMILES string of the molecule is Cc1ccc(C(=O)NC2CC(=O)N(CCCc3ccccc3)C2)s1. The maximum atomic E-state index is 12.2. The number of likely N-dealkylation sites (tertiary alicyclic amines) is 1. The van der Waals surface area contributed by atoms with Gasteiger partial charge in [0.1, 0.15) is 0 Å². The van der Waals surface area contributed by atoms with Gasteiger partial charge in [-0.05, 0) is 37.5 Å². The predicted molar refractivity (Wildman–Crippen MR) is 96.3 cm³/mol. The van der Waals surface area contributed by atoms with Crippen LogP contribution in [0.2, 0.25) is 0 Å². The summed E-state index contributed by atoms with van der Waals surface area (Å²) in [5, 5.41) is 2.99. The first-order chi connectivity index (χ1) is 11.6. The molecule has 1 unspecified atom stereocenters. The summed E-state index contributed by atoms with van der Waals surface area (Å²) in [6.07, 6.45) is 2.32. The summed E-state index contributed by atoms with van der Waals surface area (Å²) in [4.78, 5) is 28.0. The number of rotatable bonds is 6. The summed E-state index contributed by atoms with van der Waals surface area (Å²) in [6, 6.07) is 14.0. The smallest absolute Gasteiger partial charge is 0.261 e. The molecule has 5 heteroatoms. The number of aryl methyl sites for hydroxylation is 2. The fourth-order valence-electron chi connectivity index (χ4n) is 3.02. The quantitative estimate of drug-likeness (QED) is 0.877. The summed E-state index contributed by atoms with van der Waals surface area (Å²) in [5.74, 6) is 0.0627. The zero-order valence-corrected chi connectivity index (χ0v) is 14.6. The summed E-state index contributed by atoms with van der Waals surface area (Å²) < 4.78 is 0. The van der Waals surface area contributed by atoms with Gasteiger partial charge < -0.3 is 10.2 Å². The molecule has 1 fully saturated rings. The molecule has 24 heavy (non-hydrogen) atoms. The highest BCUT2D eigenvalue weighted by molar-refractivity contribution is 7.13. The lowest BCUT2D eigenvalue weighted by atomic mass is 10.1. The molecule has 0 saturated carbocycles. The van der Waals surface area contributed by atoms with Gasteiger partial charge in [-0.2, -0.15) is 0 Å². The van der Waals surface area contributed by atoms with Crippen molar-refractivity contribution in [3.05, 3.63) is 57.8 Å². The highest BCUT2D eigenvalue weighted by Gasteiger charge is 2.30. The molecule has 1 aliphatic rings. The van der Waals surface area contributed by atoms with Crippen LogP contribution in [-0.4, -0.2) is 35.8 Å². The number of hydrogen-bond acceptors (Lipinski definition) is 3. The summed E-state index contributed by atoms with van der Waals surface area (Å²) in [7, 11) is 0. The van der Waals surface area contributed by atoms with Crippen LogP contribution in [0.1, 0.15) is 33.0 Å². The number of nitrogens with zero attached hydrogens (tertiary/aromatic N) is 1. The fraction of sp³-hybridized carbons (Fsp3) is 0.368. The monoisotopic (exact) mass is 342 g/mol. The van der Waals surface area contributed by atoms with Crippen molar-refractivity contribution in [2.24, 2.45) is 0 Å². The van der Waals surface area contributed by atoms with E-state index in [1.54, 1.807) is 0 Å². The molecule has 1 N–H and O–H groups in total. The largest absolute Gasteiger partial charge is 0.346 e. The predicted octanol–water partition coefficient (Wildman–Crippen LogP) is 3.02. The molecule has 1 aliphatic heterocycles. The van der Waals surface area contributed by atoms with Crippen molar-refractivity contribution < 1.29 is 9.59 Å². The Labute approximate surface area is 146 Å². The zero-order chi connectivity index (χ0) is 16.9. The average molecular weight is 342 g/mol. The number of carbonyl (C=O) groups excluding carboxylic acids is 2. The van der Waals surface area contributed by atoms with E-state index in [4.69, 9.17) is 0 Å². The standard InChI is InChI=1S/C19H22N2O2S/c1-14-9-10-17(24-14)19(23)20-16-12-18(22)21(13-16)11-5-8-15-6-3-2-4-7-15/h2-4,6-7,9-10,16H,5,8,11-13H2,1H3,(H,20,23). The van der Waals surface area contributed by atoms with Crippen LogP contribution in [0.25, 0.3) is 0 Å². The van der Waals surface area contributed by atoms with Crippen molar-refractivity contribution in [2.45, 2.75) is 32.2 Å². The lowest BCUT2D eigenvalue weighted by molar-refractivity contribution is -0.127. The normalized spacial score (nSPS) is 17.3. The maximum absolute atomic E-state index is 12.2. The van der Waals surface area contributed by atoms with Crippen molar-refractivity contribution in [3.63, 3.8) is 0 Å². The second-order valence-corrected chi connectivity index (χ2v) is 7.50. The number of benzene rings is 1. The molecule has 126 valence electrons. The first kappa shape index (κ1) is 16.7. The van der Waals surface area contributed by atoms with Crippen molar-refractivity contribution in [1.82, 2.24) is 10.2 Å². The van der Waals surface area contributed by atoms with Crippen LogP contribution >= 0.6 is 11.3 Å². The van der Waals surface area contributed by atoms with Crippen molar-refractivity contribution in [2.75, 3.05) is 13.1 Å². The van der Waals surface area contributed by atoms with Crippen LogP contribution in [0.15, 0.2) is 42.5 Å². The van der Waals surface area contributed by atoms with Gasteiger partial charge in [-0.1, -0.05) is 30.3 Å². The molecule has 1 saturated heterocycles. The molecule has 3 rings (SSSR count). The van der Waals surface area contributed by atoms with Crippen molar-refractivity contribution in [3.8, 4) is 0 Å². The van der Waals surface area contributed by atoms with Gasteiger partial charge in [-0.3, -0.25) is 9.59 Å². The molecule has 2 amide bonds. The molecular formula is C19H22N2O2S. The highest BCUT2D eigenvalue weighted by atomic mass is 32.1. The topological polar surface area (TPSA) is 49.4 Å². The zero-order valence-electron chi connectivity index (χ0n) is 13.8. The Kier molecular flexibility index (Phi) is 5.30. The molecular weight excluding hydrogens is 320 g/mol. The van der Waals surface area contributed by atoms with Crippen molar-refractivity contribution >= 4 is 23.2 Å². The van der Waals surface area contributed by atoms with E-state index in [2.05, 4.69) is 17.4 Å². The number of nitrogens with one attached hydrogen (secondary N) is 1. The number of thiophene rings is 1. The first-order valence-corrected chi connectivity index (χ1v) is 9.12. The molecule has 2 aromatic rings. The van der Waals surface area contributed by atoms with Gasteiger partial charge in [0.05, 0.1) is 10.9 Å². The van der Waals surface area contributed by atoms with E-state index in [0.717, 1.165) is 24.3 Å². The number of amides is 2. The van der Waals surface area contributed by atoms with E-state index in [9.17, 15) is 9.59 Å². The van der Waals surface area contributed by atoms with E-state index < -0.39 is 0 Å². The van der Waals surface area contributed by atoms with Gasteiger partial charge in [0, 0.05) is 24.4 Å². The Morgan fingerprint density at radius 1 is 1.25 bits per heavy atom. The Bertz CT molecular complexity index is 711. The molecule has 2 heterocycles. The third kappa shape index (κ3) is 4.23. The van der Waals surface area contributed by atoms with Crippen LogP contribution in [0, 0.1) is 6.92 Å². The van der Waals surface area contributed by atoms with E-state index >= 15 is 0 Å². The van der Waals surface area contributed by atoms with Gasteiger partial charge in [-0.25, -0.2) is 0 Å². The molecule has 0 bridgehead atoms. The van der Waals surface area contributed by atoms with Gasteiger partial charge in [-0.15, -0.1) is 11.3 Å². The molecule has 4 nitrogen and oxygen atoms in total. The van der Waals surface area contributed by atoms with Crippen LogP contribution in [-0.2, 0) is 11.2 Å². The molecule has 0 radical (unpaired) electrons. The van der Waals surface area contributed by atoms with E-state index in [-0.39, 0.29) is 17.9 Å². The van der Waals surface area contributed by atoms with Gasteiger partial charge in [0.2, 0.25) is 5.91 Å². The Morgan fingerprint density at radius 2 is 2.04 bits per heavy atom. The molecule has 0 spiro atoms. The third-order valence-electron chi connectivity index (χ3n) is 4.25. The Balaban J connectivity index is 1.46. The van der Waals surface area contributed by atoms with E-state index in [1.165, 1.54) is 16.9 Å². The summed E-state index contributed by atoms with van der Waals surface area (Å²) in [6.45, 7) is 3.34. The van der Waals surface area contributed by atoms with Crippen LogP contribution in [0.5, 0.6) is 0 Å². The minimum atomic E-state index is -0.0795. The van der Waals surface area contributed by atoms with Gasteiger partial charge in [0.15, 0.2) is 0 Å². The number of hydrogen-bond donors (Lipinski definition) is 1. The summed E-state index contributed by atoms with van der Waals surface area (Å²) >= 11 is 1.48. The molecule has 0 aliphatic carbocycles. The second-order valence-electron chi connectivity index (χ2n) is 6.21. The molecule has 1 aromatic heterocycles. The maximum Gasteiger partial charge on any atom is 0.261 e. The lowest BCUT2D eigenvalue weighted by Crippen LogP contribution is -2.37. The van der Waals surface area contributed by atoms with Crippen molar-refractivity contribution in [1.29, 1.82) is 0 Å². The molecule has 1 atom stereocenters.